The van der Waals surface area contributed by atoms with Gasteiger partial charge in [0, 0.05) is 16.2 Å². The Balaban J connectivity index is 1.85. The second kappa shape index (κ2) is 5.46. The predicted molar refractivity (Wildman–Crippen MR) is 93.4 cm³/mol. The Morgan fingerprint density at radius 2 is 1.91 bits per heavy atom. The molecule has 0 radical (unpaired) electrons. The molecular weight excluding hydrogens is 268 g/mol. The molecular formula is C21H24O. The topological polar surface area (TPSA) is 13.1 Å². The van der Waals surface area contributed by atoms with E-state index in [4.69, 9.17) is 4.42 Å². The van der Waals surface area contributed by atoms with Crippen molar-refractivity contribution in [3.05, 3.63) is 46.3 Å². The van der Waals surface area contributed by atoms with E-state index in [0.717, 1.165) is 23.5 Å². The van der Waals surface area contributed by atoms with Crippen molar-refractivity contribution in [3.8, 4) is 0 Å². The van der Waals surface area contributed by atoms with Crippen LogP contribution in [0.15, 0.2) is 28.7 Å². The molecule has 3 aliphatic carbocycles. The lowest BCUT2D eigenvalue weighted by Crippen LogP contribution is -2.29. The fourth-order valence-corrected chi connectivity index (χ4v) is 4.17. The summed E-state index contributed by atoms with van der Waals surface area (Å²) in [5.41, 5.74) is 2.41. The van der Waals surface area contributed by atoms with Gasteiger partial charge >= 0.3 is 0 Å². The van der Waals surface area contributed by atoms with Gasteiger partial charge in [0.05, 0.1) is 0 Å². The first-order valence-corrected chi connectivity index (χ1v) is 8.65. The minimum absolute atomic E-state index is 0.117. The van der Waals surface area contributed by atoms with Gasteiger partial charge in [-0.25, -0.2) is 0 Å². The van der Waals surface area contributed by atoms with Gasteiger partial charge in [-0.15, -0.1) is 0 Å². The van der Waals surface area contributed by atoms with Gasteiger partial charge in [-0.05, 0) is 37.3 Å². The summed E-state index contributed by atoms with van der Waals surface area (Å²) >= 11 is 0. The molecule has 1 heteroatoms. The molecule has 4 rings (SSSR count). The fraction of sp³-hybridized carbons (Fsp3) is 0.429. The van der Waals surface area contributed by atoms with Crippen molar-refractivity contribution in [2.75, 3.05) is 0 Å². The van der Waals surface area contributed by atoms with E-state index in [-0.39, 0.29) is 5.41 Å². The molecule has 114 valence electrons. The molecule has 1 heterocycles. The Bertz CT molecular complexity index is 766. The first kappa shape index (κ1) is 13.9. The smallest absolute Gasteiger partial charge is 0.135 e. The van der Waals surface area contributed by atoms with Crippen LogP contribution in [0.5, 0.6) is 0 Å². The van der Waals surface area contributed by atoms with Crippen LogP contribution in [0.2, 0.25) is 0 Å². The van der Waals surface area contributed by atoms with E-state index in [9.17, 15) is 0 Å². The third-order valence-electron chi connectivity index (χ3n) is 5.51. The van der Waals surface area contributed by atoms with Gasteiger partial charge in [0.2, 0.25) is 0 Å². The van der Waals surface area contributed by atoms with Gasteiger partial charge in [-0.3, -0.25) is 0 Å². The number of fused-ring (bicyclic) bond motifs is 3. The van der Waals surface area contributed by atoms with Gasteiger partial charge in [0.25, 0.3) is 0 Å². The molecule has 0 saturated heterocycles. The van der Waals surface area contributed by atoms with Gasteiger partial charge in [0.15, 0.2) is 0 Å². The lowest BCUT2D eigenvalue weighted by Gasteiger charge is -2.35. The summed E-state index contributed by atoms with van der Waals surface area (Å²) in [5.74, 6) is 1.75. The van der Waals surface area contributed by atoms with Crippen molar-refractivity contribution < 1.29 is 4.42 Å². The fourth-order valence-electron chi connectivity index (χ4n) is 4.17. The molecule has 1 nitrogen and oxygen atoms in total. The van der Waals surface area contributed by atoms with E-state index in [2.05, 4.69) is 55.5 Å². The zero-order chi connectivity index (χ0) is 15.0. The Labute approximate surface area is 132 Å². The molecule has 22 heavy (non-hydrogen) atoms. The zero-order valence-corrected chi connectivity index (χ0v) is 13.3. The van der Waals surface area contributed by atoms with E-state index in [1.807, 2.05) is 0 Å². The first-order chi connectivity index (χ1) is 10.8. The SMILES string of the molecule is CC1(C2CCCCC2)C=CC=c2c3c(oc2=C1)C=CCC=C3. The van der Waals surface area contributed by atoms with Gasteiger partial charge < -0.3 is 4.42 Å². The van der Waals surface area contributed by atoms with Crippen LogP contribution in [0.3, 0.4) is 0 Å². The van der Waals surface area contributed by atoms with Crippen molar-refractivity contribution in [1.82, 2.24) is 0 Å². The zero-order valence-electron chi connectivity index (χ0n) is 13.3. The quantitative estimate of drug-likeness (QED) is 0.746. The van der Waals surface area contributed by atoms with Crippen LogP contribution in [0.1, 0.15) is 56.8 Å². The Morgan fingerprint density at radius 1 is 1.09 bits per heavy atom. The molecule has 0 N–H and O–H groups in total. The largest absolute Gasteiger partial charge is 0.456 e. The number of hydrogen-bond acceptors (Lipinski definition) is 1. The molecule has 3 aliphatic rings. The third-order valence-corrected chi connectivity index (χ3v) is 5.51. The summed E-state index contributed by atoms with van der Waals surface area (Å²) in [6.07, 6.45) is 25.8. The second-order valence-electron chi connectivity index (χ2n) is 7.07. The van der Waals surface area contributed by atoms with E-state index < -0.39 is 0 Å². The molecule has 1 aromatic rings. The average Bonchev–Trinajstić information content (AvgIpc) is 2.72. The highest BCUT2D eigenvalue weighted by molar-refractivity contribution is 5.67. The van der Waals surface area contributed by atoms with Crippen LogP contribution >= 0.6 is 0 Å². The van der Waals surface area contributed by atoms with Crippen molar-refractivity contribution >= 4 is 24.3 Å². The third kappa shape index (κ3) is 2.33. The van der Waals surface area contributed by atoms with E-state index in [0.29, 0.717) is 0 Å². The lowest BCUT2D eigenvalue weighted by molar-refractivity contribution is 0.251. The molecule has 0 amide bonds. The van der Waals surface area contributed by atoms with E-state index in [1.165, 1.54) is 42.9 Å². The van der Waals surface area contributed by atoms with Crippen LogP contribution in [-0.2, 0) is 0 Å². The summed E-state index contributed by atoms with van der Waals surface area (Å²) in [7, 11) is 0. The first-order valence-electron chi connectivity index (χ1n) is 8.65. The molecule has 0 bridgehead atoms. The van der Waals surface area contributed by atoms with Crippen LogP contribution in [-0.4, -0.2) is 0 Å². The van der Waals surface area contributed by atoms with Crippen LogP contribution in [0.4, 0.5) is 0 Å². The molecule has 1 fully saturated rings. The Kier molecular flexibility index (Phi) is 3.44. The minimum atomic E-state index is 0.117. The highest BCUT2D eigenvalue weighted by Gasteiger charge is 2.31. The standard InChI is InChI=1S/C21H24O/c1-21(16-9-4-2-5-10-16)14-8-12-18-17-11-6-3-7-13-19(17)22-20(18)15-21/h6-8,11-16H,2-5,9-10H2,1H3. The molecule has 1 saturated carbocycles. The number of allylic oxidation sites excluding steroid dienone is 4. The van der Waals surface area contributed by atoms with Gasteiger partial charge in [0.1, 0.15) is 11.2 Å². The normalized spacial score (nSPS) is 27.3. The summed E-state index contributed by atoms with van der Waals surface area (Å²) in [6.45, 7) is 2.38. The maximum absolute atomic E-state index is 6.21. The Hall–Kier alpha value is -1.76. The maximum atomic E-state index is 6.21. The van der Waals surface area contributed by atoms with Crippen LogP contribution in [0.25, 0.3) is 24.3 Å². The lowest BCUT2D eigenvalue weighted by atomic mass is 9.69. The number of rotatable bonds is 1. The highest BCUT2D eigenvalue weighted by Crippen LogP contribution is 2.41. The number of hydrogen-bond donors (Lipinski definition) is 0. The van der Waals surface area contributed by atoms with Crippen molar-refractivity contribution in [1.29, 1.82) is 0 Å². The average molecular weight is 292 g/mol. The van der Waals surface area contributed by atoms with Gasteiger partial charge in [-0.2, -0.15) is 0 Å². The van der Waals surface area contributed by atoms with E-state index >= 15 is 0 Å². The summed E-state index contributed by atoms with van der Waals surface area (Å²) in [5, 5.41) is 1.24. The van der Waals surface area contributed by atoms with Crippen molar-refractivity contribution in [2.24, 2.45) is 11.3 Å². The minimum Gasteiger partial charge on any atom is -0.456 e. The molecule has 1 atom stereocenters. The molecule has 0 aliphatic heterocycles. The maximum Gasteiger partial charge on any atom is 0.135 e. The highest BCUT2D eigenvalue weighted by atomic mass is 16.3. The number of furan rings is 1. The van der Waals surface area contributed by atoms with Crippen LogP contribution in [0, 0.1) is 11.3 Å². The van der Waals surface area contributed by atoms with Crippen LogP contribution < -0.4 is 10.6 Å². The van der Waals surface area contributed by atoms with E-state index in [1.54, 1.807) is 0 Å². The summed E-state index contributed by atoms with van der Waals surface area (Å²) in [6, 6.07) is 0. The molecule has 1 aromatic heterocycles. The summed E-state index contributed by atoms with van der Waals surface area (Å²) < 4.78 is 6.21. The van der Waals surface area contributed by atoms with Gasteiger partial charge in [-0.1, -0.05) is 62.6 Å². The second-order valence-corrected chi connectivity index (χ2v) is 7.07. The summed E-state index contributed by atoms with van der Waals surface area (Å²) in [4.78, 5) is 0. The molecule has 0 aromatic carbocycles. The Morgan fingerprint density at radius 3 is 2.77 bits per heavy atom. The van der Waals surface area contributed by atoms with Crippen molar-refractivity contribution in [3.63, 3.8) is 0 Å². The monoisotopic (exact) mass is 292 g/mol. The van der Waals surface area contributed by atoms with Crippen molar-refractivity contribution in [2.45, 2.75) is 45.4 Å². The molecule has 1 unspecified atom stereocenters. The molecule has 0 spiro atoms. The predicted octanol–water partition coefficient (Wildman–Crippen LogP) is 4.43.